The van der Waals surface area contributed by atoms with E-state index in [0.717, 1.165) is 24.8 Å². The summed E-state index contributed by atoms with van der Waals surface area (Å²) in [4.78, 5) is 23.0. The highest BCUT2D eigenvalue weighted by Crippen LogP contribution is 2.70. The number of nitrogens with one attached hydrogen (secondary N) is 1. The molecule has 8 unspecified atom stereocenters. The molecule has 0 saturated heterocycles. The van der Waals surface area contributed by atoms with Crippen molar-refractivity contribution in [2.24, 2.45) is 39.4 Å². The van der Waals surface area contributed by atoms with E-state index < -0.39 is 28.8 Å². The third kappa shape index (κ3) is 3.12. The third-order valence-corrected chi connectivity index (χ3v) is 10.1. The van der Waals surface area contributed by atoms with E-state index in [0.29, 0.717) is 38.7 Å². The molecule has 0 aromatic rings. The molecule has 0 bridgehead atoms. The highest BCUT2D eigenvalue weighted by Gasteiger charge is 2.71. The molecule has 182 valence electrons. The van der Waals surface area contributed by atoms with E-state index in [4.69, 9.17) is 10.5 Å². The normalized spacial score (nSPS) is 49.1. The van der Waals surface area contributed by atoms with Crippen LogP contribution in [0.1, 0.15) is 64.7 Å². The molecule has 1 heterocycles. The van der Waals surface area contributed by atoms with Gasteiger partial charge in [0.1, 0.15) is 6.61 Å². The fourth-order valence-corrected chi connectivity index (χ4v) is 8.57. The first-order valence-corrected chi connectivity index (χ1v) is 12.1. The van der Waals surface area contributed by atoms with Crippen molar-refractivity contribution < 1.29 is 29.6 Å². The Morgan fingerprint density at radius 2 is 1.94 bits per heavy atom. The second-order valence-electron chi connectivity index (χ2n) is 11.3. The van der Waals surface area contributed by atoms with Crippen LogP contribution in [0, 0.1) is 28.6 Å². The number of aliphatic hydroxyl groups is 3. The maximum Gasteiger partial charge on any atom is 0.332 e. The third-order valence-electron chi connectivity index (χ3n) is 10.1. The second kappa shape index (κ2) is 7.52. The average Bonchev–Trinajstić information content (AvgIpc) is 3.28. The number of primary amides is 1. The first kappa shape index (κ1) is 22.8. The molecular formula is C24H35N3O6. The number of hydrazone groups is 1. The van der Waals surface area contributed by atoms with Crippen molar-refractivity contribution in [2.75, 3.05) is 6.61 Å². The van der Waals surface area contributed by atoms with Crippen molar-refractivity contribution in [1.82, 2.24) is 5.43 Å². The Bertz CT molecular complexity index is 922. The number of hydrogen-bond acceptors (Lipinski definition) is 7. The molecule has 8 atom stereocenters. The molecule has 9 heteroatoms. The number of carbonyl (C=O) groups excluding carboxylic acids is 2. The number of amides is 2. The molecule has 5 rings (SSSR count). The number of ether oxygens (including phenoxy) is 1. The number of rotatable bonds is 3. The largest absolute Gasteiger partial charge is 0.458 e. The van der Waals surface area contributed by atoms with Gasteiger partial charge in [-0.15, -0.1) is 0 Å². The summed E-state index contributed by atoms with van der Waals surface area (Å²) in [5.41, 5.74) is 5.21. The zero-order valence-electron chi connectivity index (χ0n) is 19.1. The first-order valence-electron chi connectivity index (χ1n) is 12.1. The van der Waals surface area contributed by atoms with E-state index >= 15 is 0 Å². The Hall–Kier alpha value is -1.97. The minimum absolute atomic E-state index is 0.0468. The lowest BCUT2D eigenvalue weighted by molar-refractivity contribution is -0.237. The number of urea groups is 1. The van der Waals surface area contributed by atoms with Crippen LogP contribution in [0.2, 0.25) is 0 Å². The number of esters is 1. The molecule has 5 aliphatic rings. The Morgan fingerprint density at radius 1 is 1.18 bits per heavy atom. The van der Waals surface area contributed by atoms with Crippen molar-refractivity contribution in [3.63, 3.8) is 0 Å². The SMILES string of the molecule is CC12CCC3C(CCC4(O)CC(O)CCC34/C=N\NC(N)=O)C1(O)CCC2C1=CC(=O)OC1. The van der Waals surface area contributed by atoms with Gasteiger partial charge in [0.05, 0.1) is 17.3 Å². The lowest BCUT2D eigenvalue weighted by Gasteiger charge is -2.65. The van der Waals surface area contributed by atoms with Gasteiger partial charge in [0, 0.05) is 29.5 Å². The van der Waals surface area contributed by atoms with E-state index in [1.807, 2.05) is 0 Å². The summed E-state index contributed by atoms with van der Waals surface area (Å²) in [6.07, 6.45) is 8.02. The van der Waals surface area contributed by atoms with Crippen molar-refractivity contribution in [3.8, 4) is 0 Å². The molecule has 6 N–H and O–H groups in total. The van der Waals surface area contributed by atoms with E-state index in [-0.39, 0.29) is 35.6 Å². The Labute approximate surface area is 193 Å². The maximum atomic E-state index is 12.3. The van der Waals surface area contributed by atoms with Gasteiger partial charge in [0.15, 0.2) is 0 Å². The van der Waals surface area contributed by atoms with Crippen LogP contribution in [0.15, 0.2) is 16.8 Å². The molecule has 0 aromatic heterocycles. The van der Waals surface area contributed by atoms with Crippen molar-refractivity contribution in [1.29, 1.82) is 0 Å². The zero-order chi connectivity index (χ0) is 23.6. The predicted octanol–water partition coefficient (Wildman–Crippen LogP) is 1.35. The summed E-state index contributed by atoms with van der Waals surface area (Å²) in [5.74, 6) is -0.326. The minimum atomic E-state index is -1.16. The molecule has 2 amide bonds. The average molecular weight is 462 g/mol. The van der Waals surface area contributed by atoms with Gasteiger partial charge in [0.25, 0.3) is 0 Å². The summed E-state index contributed by atoms with van der Waals surface area (Å²) < 4.78 is 5.18. The fourth-order valence-electron chi connectivity index (χ4n) is 8.57. The number of nitrogens with zero attached hydrogens (tertiary/aromatic N) is 1. The number of nitrogens with two attached hydrogens (primary N) is 1. The molecule has 4 aliphatic carbocycles. The summed E-state index contributed by atoms with van der Waals surface area (Å²) in [6, 6.07) is -0.774. The Morgan fingerprint density at radius 3 is 2.64 bits per heavy atom. The van der Waals surface area contributed by atoms with Crippen LogP contribution in [0.25, 0.3) is 0 Å². The molecule has 4 fully saturated rings. The molecule has 1 aliphatic heterocycles. The van der Waals surface area contributed by atoms with Gasteiger partial charge in [-0.25, -0.2) is 15.0 Å². The summed E-state index contributed by atoms with van der Waals surface area (Å²) >= 11 is 0. The lowest BCUT2D eigenvalue weighted by Crippen LogP contribution is -2.68. The van der Waals surface area contributed by atoms with Crippen LogP contribution >= 0.6 is 0 Å². The topological polar surface area (TPSA) is 154 Å². The summed E-state index contributed by atoms with van der Waals surface area (Å²) in [5, 5.41) is 38.6. The van der Waals surface area contributed by atoms with Crippen molar-refractivity contribution in [2.45, 2.75) is 82.0 Å². The number of aliphatic hydroxyl groups excluding tert-OH is 1. The Balaban J connectivity index is 1.52. The van der Waals surface area contributed by atoms with E-state index in [9.17, 15) is 24.9 Å². The molecular weight excluding hydrogens is 426 g/mol. The van der Waals surface area contributed by atoms with Gasteiger partial charge in [-0.1, -0.05) is 6.92 Å². The summed E-state index contributed by atoms with van der Waals surface area (Å²) in [7, 11) is 0. The molecule has 9 nitrogen and oxygen atoms in total. The Kier molecular flexibility index (Phi) is 5.19. The van der Waals surface area contributed by atoms with Gasteiger partial charge >= 0.3 is 12.0 Å². The van der Waals surface area contributed by atoms with E-state index in [1.54, 1.807) is 12.3 Å². The van der Waals surface area contributed by atoms with E-state index in [2.05, 4.69) is 17.5 Å². The van der Waals surface area contributed by atoms with Gasteiger partial charge < -0.3 is 25.8 Å². The highest BCUT2D eigenvalue weighted by molar-refractivity contribution is 5.85. The summed E-state index contributed by atoms with van der Waals surface area (Å²) in [6.45, 7) is 2.45. The van der Waals surface area contributed by atoms with Crippen LogP contribution in [-0.2, 0) is 9.53 Å². The monoisotopic (exact) mass is 461 g/mol. The maximum absolute atomic E-state index is 12.3. The zero-order valence-corrected chi connectivity index (χ0v) is 19.1. The van der Waals surface area contributed by atoms with Crippen LogP contribution in [0.5, 0.6) is 0 Å². The van der Waals surface area contributed by atoms with Crippen LogP contribution in [-0.4, -0.2) is 57.4 Å². The smallest absolute Gasteiger partial charge is 0.332 e. The molecule has 33 heavy (non-hydrogen) atoms. The van der Waals surface area contributed by atoms with Crippen LogP contribution in [0.3, 0.4) is 0 Å². The number of cyclic esters (lactones) is 1. The molecule has 0 aromatic carbocycles. The fraction of sp³-hybridized carbons (Fsp3) is 0.792. The second-order valence-corrected chi connectivity index (χ2v) is 11.3. The van der Waals surface area contributed by atoms with Crippen LogP contribution < -0.4 is 11.2 Å². The highest BCUT2D eigenvalue weighted by atomic mass is 16.5. The van der Waals surface area contributed by atoms with Crippen molar-refractivity contribution in [3.05, 3.63) is 11.6 Å². The van der Waals surface area contributed by atoms with Crippen molar-refractivity contribution >= 4 is 18.2 Å². The number of hydrogen-bond donors (Lipinski definition) is 5. The van der Waals surface area contributed by atoms with Gasteiger partial charge in [-0.05, 0) is 74.7 Å². The van der Waals surface area contributed by atoms with E-state index in [1.165, 1.54) is 0 Å². The van der Waals surface area contributed by atoms with Gasteiger partial charge in [-0.3, -0.25) is 0 Å². The van der Waals surface area contributed by atoms with Gasteiger partial charge in [0.2, 0.25) is 0 Å². The lowest BCUT2D eigenvalue weighted by atomic mass is 9.41. The molecule has 4 saturated carbocycles. The van der Waals surface area contributed by atoms with Gasteiger partial charge in [-0.2, -0.15) is 5.10 Å². The number of carbonyl (C=O) groups is 2. The first-order chi connectivity index (χ1) is 15.5. The quantitative estimate of drug-likeness (QED) is 0.243. The van der Waals surface area contributed by atoms with Crippen LogP contribution in [0.4, 0.5) is 4.79 Å². The standard InChI is InChI=1S/C24H35N3O6/c1-21-6-3-17-18(24(21,32)9-5-16(21)14-10-19(29)33-12-14)4-8-23(31)11-15(28)2-7-22(17,23)13-26-27-20(25)30/h10,13,15-18,28,31-32H,2-9,11-12H2,1H3,(H3,25,27,30)/b26-13-. The molecule has 0 radical (unpaired) electrons. The minimum Gasteiger partial charge on any atom is -0.458 e. The molecule has 0 spiro atoms. The number of fused-ring (bicyclic) bond motifs is 5. The predicted molar refractivity (Wildman–Crippen MR) is 119 cm³/mol.